The number of nitrogens with one attached hydrogen (secondary N) is 3. The molecular weight excluding hydrogens is 560 g/mol. The van der Waals surface area contributed by atoms with Crippen LogP contribution >= 0.6 is 0 Å². The molecule has 1 aromatic carbocycles. The molecule has 2 fully saturated rings. The minimum atomic E-state index is -3.72. The highest BCUT2D eigenvalue weighted by Crippen LogP contribution is 2.37. The Hall–Kier alpha value is -2.66. The van der Waals surface area contributed by atoms with Gasteiger partial charge in [0.1, 0.15) is 28.9 Å². The van der Waals surface area contributed by atoms with Crippen molar-refractivity contribution in [2.75, 3.05) is 39.9 Å². The van der Waals surface area contributed by atoms with Crippen LogP contribution in [0.2, 0.25) is 0 Å². The number of hydrogen-bond acceptors (Lipinski definition) is 10. The van der Waals surface area contributed by atoms with Crippen molar-refractivity contribution in [3.63, 3.8) is 0 Å². The van der Waals surface area contributed by atoms with Crippen LogP contribution < -0.4 is 14.8 Å². The molecule has 2 aliphatic heterocycles. The van der Waals surface area contributed by atoms with Gasteiger partial charge >= 0.3 is 0 Å². The summed E-state index contributed by atoms with van der Waals surface area (Å²) in [6, 6.07) is 7.64. The lowest BCUT2D eigenvalue weighted by atomic mass is 9.88. The highest BCUT2D eigenvalue weighted by Gasteiger charge is 2.45. The summed E-state index contributed by atoms with van der Waals surface area (Å²) in [6.45, 7) is 3.07. The topological polar surface area (TPSA) is 176 Å². The third-order valence-corrected chi connectivity index (χ3v) is 10.9. The van der Waals surface area contributed by atoms with Gasteiger partial charge in [0, 0.05) is 31.7 Å². The first-order valence-corrected chi connectivity index (χ1v) is 16.0. The van der Waals surface area contributed by atoms with Crippen LogP contribution in [0.15, 0.2) is 46.5 Å². The molecule has 40 heavy (non-hydrogen) atoms. The summed E-state index contributed by atoms with van der Waals surface area (Å²) >= 11 is 0. The summed E-state index contributed by atoms with van der Waals surface area (Å²) in [5.74, 6) is 0.343. The summed E-state index contributed by atoms with van der Waals surface area (Å²) in [7, 11) is -5.98. The van der Waals surface area contributed by atoms with E-state index in [4.69, 9.17) is 9.47 Å². The highest BCUT2D eigenvalue weighted by atomic mass is 32.2. The minimum absolute atomic E-state index is 0.00965. The molecular formula is C25H34N6O7S2. The first-order chi connectivity index (χ1) is 19.0. The lowest BCUT2D eigenvalue weighted by Gasteiger charge is -2.38. The van der Waals surface area contributed by atoms with E-state index in [1.807, 2.05) is 0 Å². The van der Waals surface area contributed by atoms with Gasteiger partial charge in [-0.3, -0.25) is 0 Å². The molecule has 2 unspecified atom stereocenters. The fourth-order valence-electron chi connectivity index (χ4n) is 5.21. The molecule has 2 aliphatic rings. The number of aliphatic hydroxyl groups excluding tert-OH is 1. The number of aromatic amines is 1. The van der Waals surface area contributed by atoms with Crippen molar-refractivity contribution in [2.24, 2.45) is 0 Å². The molecule has 15 heteroatoms. The number of imidazole rings is 1. The van der Waals surface area contributed by atoms with Crippen molar-refractivity contribution in [2.45, 2.75) is 53.7 Å². The van der Waals surface area contributed by atoms with Crippen molar-refractivity contribution >= 4 is 31.2 Å². The zero-order valence-corrected chi connectivity index (χ0v) is 24.0. The Balaban J connectivity index is 1.10. The molecule has 218 valence electrons. The maximum absolute atomic E-state index is 13.4. The molecule has 2 atom stereocenters. The fraction of sp³-hybridized carbons (Fsp3) is 0.520. The van der Waals surface area contributed by atoms with Gasteiger partial charge in [-0.1, -0.05) is 6.07 Å². The van der Waals surface area contributed by atoms with Crippen LogP contribution in [0, 0.1) is 6.92 Å². The molecule has 4 N–H and O–H groups in total. The molecule has 0 radical (unpaired) electrons. The van der Waals surface area contributed by atoms with Crippen molar-refractivity contribution in [3.8, 4) is 5.75 Å². The number of rotatable bonds is 10. The number of H-pyrrole nitrogens is 1. The van der Waals surface area contributed by atoms with Crippen molar-refractivity contribution in [3.05, 3.63) is 42.4 Å². The first kappa shape index (κ1) is 28.9. The van der Waals surface area contributed by atoms with Gasteiger partial charge < -0.3 is 24.9 Å². The van der Waals surface area contributed by atoms with E-state index < -0.39 is 31.8 Å². The second kappa shape index (κ2) is 11.3. The number of ether oxygens (including phenoxy) is 2. The summed E-state index contributed by atoms with van der Waals surface area (Å²) in [5, 5.41) is 13.7. The number of fused-ring (bicyclic) bond motifs is 1. The van der Waals surface area contributed by atoms with E-state index in [0.29, 0.717) is 61.6 Å². The van der Waals surface area contributed by atoms with Gasteiger partial charge in [0.2, 0.25) is 20.0 Å². The lowest BCUT2D eigenvalue weighted by molar-refractivity contribution is -0.0312. The van der Waals surface area contributed by atoms with E-state index in [0.717, 1.165) is 0 Å². The van der Waals surface area contributed by atoms with E-state index in [1.54, 1.807) is 25.1 Å². The zero-order valence-electron chi connectivity index (χ0n) is 22.3. The first-order valence-electron chi connectivity index (χ1n) is 13.0. The maximum Gasteiger partial charge on any atom is 0.244 e. The number of hydrogen-bond donors (Lipinski definition) is 4. The molecule has 2 aromatic heterocycles. The normalized spacial score (nSPS) is 20.7. The summed E-state index contributed by atoms with van der Waals surface area (Å²) < 4.78 is 66.2. The second-order valence-electron chi connectivity index (χ2n) is 10.2. The molecule has 0 bridgehead atoms. The van der Waals surface area contributed by atoms with Gasteiger partial charge in [0.05, 0.1) is 29.1 Å². The van der Waals surface area contributed by atoms with E-state index in [1.165, 1.54) is 29.8 Å². The zero-order chi connectivity index (χ0) is 28.5. The molecule has 3 aromatic rings. The molecule has 4 heterocycles. The summed E-state index contributed by atoms with van der Waals surface area (Å²) in [6.07, 6.45) is 2.51. The van der Waals surface area contributed by atoms with Crippen LogP contribution in [0.25, 0.3) is 11.2 Å². The van der Waals surface area contributed by atoms with Crippen LogP contribution in [-0.2, 0) is 24.8 Å². The summed E-state index contributed by atoms with van der Waals surface area (Å²) in [4.78, 5) is 11.6. The van der Waals surface area contributed by atoms with Crippen LogP contribution in [0.1, 0.15) is 25.0 Å². The van der Waals surface area contributed by atoms with E-state index in [-0.39, 0.29) is 29.0 Å². The Labute approximate surface area is 233 Å². The molecule has 1 spiro atoms. The standard InChI is InChI=1S/C25H34N6O7S2/c1-17-23(11-22-24(30-17)29-16-28-22)40(35,36)31-8-6-25(7-9-31)12-18(14-38-25)27-13-19(32)15-37-20-4-3-5-21(10-20)39(33,34)26-2/h3-5,10-11,16,18-19,26-27,32H,6-9,12-15H2,1-2H3,(H,28,29,30). The average Bonchev–Trinajstić information content (AvgIpc) is 3.57. The van der Waals surface area contributed by atoms with Gasteiger partial charge in [-0.15, -0.1) is 0 Å². The SMILES string of the molecule is CNS(=O)(=O)c1cccc(OCC(O)CNC2COC3(CCN(S(=O)(=O)c4cc5nc[nH]c5nc4C)CC3)C2)c1. The number of aryl methyl sites for hydroxylation is 1. The monoisotopic (exact) mass is 594 g/mol. The second-order valence-corrected chi connectivity index (χ2v) is 14.0. The van der Waals surface area contributed by atoms with Gasteiger partial charge in [-0.05, 0) is 51.4 Å². The lowest BCUT2D eigenvalue weighted by Crippen LogP contribution is -2.47. The predicted octanol–water partition coefficient (Wildman–Crippen LogP) is 0.516. The minimum Gasteiger partial charge on any atom is -0.491 e. The molecule has 0 aliphatic carbocycles. The molecule has 0 amide bonds. The van der Waals surface area contributed by atoms with Crippen molar-refractivity contribution in [1.82, 2.24) is 29.3 Å². The smallest absolute Gasteiger partial charge is 0.244 e. The quantitative estimate of drug-likeness (QED) is 0.259. The van der Waals surface area contributed by atoms with Gasteiger partial charge in [-0.2, -0.15) is 4.31 Å². The van der Waals surface area contributed by atoms with Crippen LogP contribution in [-0.4, -0.2) is 98.8 Å². The highest BCUT2D eigenvalue weighted by molar-refractivity contribution is 7.89. The Morgan fingerprint density at radius 1 is 1.25 bits per heavy atom. The van der Waals surface area contributed by atoms with E-state index in [2.05, 4.69) is 25.0 Å². The number of sulfonamides is 2. The Kier molecular flexibility index (Phi) is 8.16. The van der Waals surface area contributed by atoms with Gasteiger partial charge in [0.25, 0.3) is 0 Å². The number of piperidine rings is 1. The van der Waals surface area contributed by atoms with Crippen LogP contribution in [0.4, 0.5) is 0 Å². The molecule has 0 saturated carbocycles. The van der Waals surface area contributed by atoms with Gasteiger partial charge in [0.15, 0.2) is 5.65 Å². The number of pyridine rings is 1. The molecule has 2 saturated heterocycles. The Morgan fingerprint density at radius 2 is 2.02 bits per heavy atom. The van der Waals surface area contributed by atoms with Crippen molar-refractivity contribution < 1.29 is 31.4 Å². The summed E-state index contributed by atoms with van der Waals surface area (Å²) in [5.41, 5.74) is 1.08. The molecule has 13 nitrogen and oxygen atoms in total. The van der Waals surface area contributed by atoms with E-state index in [9.17, 15) is 21.9 Å². The van der Waals surface area contributed by atoms with Crippen LogP contribution in [0.3, 0.4) is 0 Å². The Bertz CT molecular complexity index is 1570. The predicted molar refractivity (Wildman–Crippen MR) is 146 cm³/mol. The van der Waals surface area contributed by atoms with Crippen LogP contribution in [0.5, 0.6) is 5.75 Å². The third-order valence-electron chi connectivity index (χ3n) is 7.48. The Morgan fingerprint density at radius 3 is 2.77 bits per heavy atom. The van der Waals surface area contributed by atoms with Gasteiger partial charge in [-0.25, -0.2) is 31.5 Å². The number of aliphatic hydroxyl groups is 1. The molecule has 5 rings (SSSR count). The van der Waals surface area contributed by atoms with E-state index >= 15 is 0 Å². The van der Waals surface area contributed by atoms with Crippen molar-refractivity contribution in [1.29, 1.82) is 0 Å². The number of aromatic nitrogens is 3. The maximum atomic E-state index is 13.4. The average molecular weight is 595 g/mol. The number of benzene rings is 1. The fourth-order valence-corrected chi connectivity index (χ4v) is 7.59. The largest absolute Gasteiger partial charge is 0.491 e. The third kappa shape index (κ3) is 6.00. The number of nitrogens with zero attached hydrogens (tertiary/aromatic N) is 3.